The summed E-state index contributed by atoms with van der Waals surface area (Å²) in [5, 5.41) is 3.60. The van der Waals surface area contributed by atoms with Gasteiger partial charge in [0.05, 0.1) is 5.92 Å². The third kappa shape index (κ3) is 5.68. The second-order valence-corrected chi connectivity index (χ2v) is 10.5. The van der Waals surface area contributed by atoms with E-state index in [2.05, 4.69) is 37.6 Å². The van der Waals surface area contributed by atoms with Gasteiger partial charge in [-0.1, -0.05) is 45.8 Å². The highest BCUT2D eigenvalue weighted by molar-refractivity contribution is 5.75. The van der Waals surface area contributed by atoms with Gasteiger partial charge in [0.25, 0.3) is 0 Å². The van der Waals surface area contributed by atoms with E-state index in [1.807, 2.05) is 0 Å². The summed E-state index contributed by atoms with van der Waals surface area (Å²) in [5.41, 5.74) is 1.71. The zero-order valence-electron chi connectivity index (χ0n) is 19.9. The molecule has 1 aliphatic heterocycles. The number of unbranched alkanes of at least 4 members (excludes halogenated alkanes) is 2. The van der Waals surface area contributed by atoms with Crippen LogP contribution in [0.25, 0.3) is 0 Å². The molecule has 0 aromatic heterocycles. The molecule has 0 amide bonds. The number of nitrogens with one attached hydrogen (secondary N) is 1. The lowest BCUT2D eigenvalue weighted by molar-refractivity contribution is -0.146. The Balaban J connectivity index is 1.44. The fourth-order valence-corrected chi connectivity index (χ4v) is 6.27. The minimum Gasteiger partial charge on any atom is -0.462 e. The van der Waals surface area contributed by atoms with Crippen molar-refractivity contribution in [1.82, 2.24) is 10.2 Å². The van der Waals surface area contributed by atoms with Crippen molar-refractivity contribution in [2.45, 2.75) is 91.1 Å². The van der Waals surface area contributed by atoms with Crippen LogP contribution >= 0.6 is 0 Å². The fraction of sp³-hybridized carbons (Fsp3) is 0.885. The zero-order chi connectivity index (χ0) is 21.6. The number of hydrogen-bond acceptors (Lipinski definition) is 4. The summed E-state index contributed by atoms with van der Waals surface area (Å²) < 4.78 is 5.89. The molecule has 3 fully saturated rings. The van der Waals surface area contributed by atoms with Gasteiger partial charge in [-0.3, -0.25) is 4.79 Å². The number of carbonyl (C=O) groups is 1. The maximum atomic E-state index is 12.6. The van der Waals surface area contributed by atoms with E-state index in [1.54, 1.807) is 0 Å². The molecule has 3 aliphatic rings. The van der Waals surface area contributed by atoms with Crippen molar-refractivity contribution < 1.29 is 9.53 Å². The van der Waals surface area contributed by atoms with Gasteiger partial charge in [-0.2, -0.15) is 0 Å². The van der Waals surface area contributed by atoms with Crippen molar-refractivity contribution in [2.24, 2.45) is 23.2 Å². The Kier molecular flexibility index (Phi) is 8.82. The van der Waals surface area contributed by atoms with Crippen LogP contribution in [0.3, 0.4) is 0 Å². The molecule has 30 heavy (non-hydrogen) atoms. The number of ether oxygens (including phenoxy) is 1. The molecule has 4 nitrogen and oxygen atoms in total. The lowest BCUT2D eigenvalue weighted by atomic mass is 9.55. The monoisotopic (exact) mass is 418 g/mol. The van der Waals surface area contributed by atoms with Gasteiger partial charge in [-0.05, 0) is 88.9 Å². The highest BCUT2D eigenvalue weighted by Gasteiger charge is 2.54. The van der Waals surface area contributed by atoms with Crippen LogP contribution in [0.2, 0.25) is 0 Å². The van der Waals surface area contributed by atoms with E-state index in [1.165, 1.54) is 63.6 Å². The predicted molar refractivity (Wildman–Crippen MR) is 124 cm³/mol. The van der Waals surface area contributed by atoms with Gasteiger partial charge >= 0.3 is 5.97 Å². The first-order valence-corrected chi connectivity index (χ1v) is 12.8. The molecule has 2 saturated carbocycles. The molecule has 0 aromatic carbocycles. The third-order valence-corrected chi connectivity index (χ3v) is 8.17. The Labute approximate surface area is 185 Å². The molecule has 0 spiro atoms. The summed E-state index contributed by atoms with van der Waals surface area (Å²) in [6.07, 6.45) is 12.2. The average Bonchev–Trinajstić information content (AvgIpc) is 3.01. The molecule has 2 aliphatic carbocycles. The molecule has 4 heteroatoms. The summed E-state index contributed by atoms with van der Waals surface area (Å²) in [4.78, 5) is 15.3. The number of allylic oxidation sites excluding steroid dienone is 1. The van der Waals surface area contributed by atoms with Gasteiger partial charge in [0, 0.05) is 12.5 Å². The van der Waals surface area contributed by atoms with E-state index in [4.69, 9.17) is 4.74 Å². The van der Waals surface area contributed by atoms with Crippen molar-refractivity contribution in [1.29, 1.82) is 0 Å². The van der Waals surface area contributed by atoms with E-state index >= 15 is 0 Å². The first kappa shape index (κ1) is 23.8. The molecular formula is C26H46N2O2. The second-order valence-electron chi connectivity index (χ2n) is 10.5. The second kappa shape index (κ2) is 11.1. The van der Waals surface area contributed by atoms with E-state index in [0.717, 1.165) is 38.9 Å². The van der Waals surface area contributed by atoms with Crippen LogP contribution in [-0.4, -0.2) is 49.7 Å². The summed E-state index contributed by atoms with van der Waals surface area (Å²) in [6, 6.07) is 0. The highest BCUT2D eigenvalue weighted by Crippen LogP contribution is 2.56. The topological polar surface area (TPSA) is 41.6 Å². The molecule has 172 valence electrons. The number of hydrogen-bond donors (Lipinski definition) is 1. The van der Waals surface area contributed by atoms with Gasteiger partial charge in [0.15, 0.2) is 0 Å². The van der Waals surface area contributed by atoms with Crippen LogP contribution in [0.1, 0.15) is 85.0 Å². The molecule has 0 unspecified atom stereocenters. The van der Waals surface area contributed by atoms with Gasteiger partial charge in [-0.15, -0.1) is 0 Å². The summed E-state index contributed by atoms with van der Waals surface area (Å²) in [7, 11) is 0. The molecule has 5 atom stereocenters. The molecule has 1 saturated heterocycles. The standard InChI is InChI=1S/C26H46N2O2/c1-5-7-14-28(15-8-6-2)16-10-13-27-19-22-21-17-23-20(3)11-9-12-26(23,4)18-24(21)30-25(22)29/h21-24,27H,3,5-19H2,1-2,4H3/t21-,22+,23-,24+,26+/m1/s1. The number of esters is 1. The first-order chi connectivity index (χ1) is 14.5. The van der Waals surface area contributed by atoms with Crippen LogP contribution in [0.4, 0.5) is 0 Å². The number of fused-ring (bicyclic) bond motifs is 2. The highest BCUT2D eigenvalue weighted by atomic mass is 16.6. The lowest BCUT2D eigenvalue weighted by Gasteiger charge is -2.50. The molecule has 0 aromatic rings. The van der Waals surface area contributed by atoms with E-state index < -0.39 is 0 Å². The summed E-state index contributed by atoms with van der Waals surface area (Å²) >= 11 is 0. The third-order valence-electron chi connectivity index (χ3n) is 8.17. The minimum absolute atomic E-state index is 0.0329. The van der Waals surface area contributed by atoms with E-state index in [-0.39, 0.29) is 18.0 Å². The molecular weight excluding hydrogens is 372 g/mol. The van der Waals surface area contributed by atoms with Crippen LogP contribution < -0.4 is 5.32 Å². The maximum Gasteiger partial charge on any atom is 0.310 e. The van der Waals surface area contributed by atoms with Crippen molar-refractivity contribution in [3.05, 3.63) is 12.2 Å². The van der Waals surface area contributed by atoms with Crippen molar-refractivity contribution in [3.63, 3.8) is 0 Å². The van der Waals surface area contributed by atoms with Gasteiger partial charge in [0.2, 0.25) is 0 Å². The van der Waals surface area contributed by atoms with Gasteiger partial charge < -0.3 is 15.0 Å². The molecule has 1 N–H and O–H groups in total. The van der Waals surface area contributed by atoms with Crippen LogP contribution in [0.5, 0.6) is 0 Å². The number of rotatable bonds is 12. The Morgan fingerprint density at radius 1 is 1.17 bits per heavy atom. The summed E-state index contributed by atoms with van der Waals surface area (Å²) in [6.45, 7) is 16.7. The number of carbonyl (C=O) groups excluding carboxylic acids is 1. The lowest BCUT2D eigenvalue weighted by Crippen LogP contribution is -2.45. The quantitative estimate of drug-likeness (QED) is 0.269. The first-order valence-electron chi connectivity index (χ1n) is 12.8. The van der Waals surface area contributed by atoms with Crippen molar-refractivity contribution in [2.75, 3.05) is 32.7 Å². The normalized spacial score (nSPS) is 33.5. The minimum atomic E-state index is 0.0329. The van der Waals surface area contributed by atoms with Crippen molar-refractivity contribution >= 4 is 5.97 Å². The van der Waals surface area contributed by atoms with Crippen LogP contribution in [-0.2, 0) is 9.53 Å². The molecule has 3 rings (SSSR count). The molecule has 1 heterocycles. The number of nitrogens with zero attached hydrogens (tertiary/aromatic N) is 1. The SMILES string of the molecule is C=C1CCC[C@@]2(C)C[C@@H]3OC(=O)[C@@H](CNCCCN(CCCC)CCCC)[C@H]3C[C@H]12. The van der Waals surface area contributed by atoms with E-state index in [0.29, 0.717) is 17.3 Å². The Morgan fingerprint density at radius 2 is 1.87 bits per heavy atom. The maximum absolute atomic E-state index is 12.6. The molecule has 0 radical (unpaired) electrons. The van der Waals surface area contributed by atoms with Gasteiger partial charge in [0.1, 0.15) is 6.10 Å². The van der Waals surface area contributed by atoms with Crippen LogP contribution in [0, 0.1) is 23.2 Å². The largest absolute Gasteiger partial charge is 0.462 e. The zero-order valence-corrected chi connectivity index (χ0v) is 19.9. The van der Waals surface area contributed by atoms with Crippen LogP contribution in [0.15, 0.2) is 12.2 Å². The Bertz CT molecular complexity index is 569. The Hall–Kier alpha value is -0.870. The Morgan fingerprint density at radius 3 is 2.57 bits per heavy atom. The van der Waals surface area contributed by atoms with E-state index in [9.17, 15) is 4.79 Å². The fourth-order valence-electron chi connectivity index (χ4n) is 6.27. The van der Waals surface area contributed by atoms with Gasteiger partial charge in [-0.25, -0.2) is 0 Å². The predicted octanol–water partition coefficient (Wildman–Crippen LogP) is 5.18. The molecule has 0 bridgehead atoms. The summed E-state index contributed by atoms with van der Waals surface area (Å²) in [5.74, 6) is 1.03. The smallest absolute Gasteiger partial charge is 0.310 e. The van der Waals surface area contributed by atoms with Crippen molar-refractivity contribution in [3.8, 4) is 0 Å². The average molecular weight is 419 g/mol.